The van der Waals surface area contributed by atoms with Crippen LogP contribution < -0.4 is 0 Å². The molecule has 138 valence electrons. The molecule has 4 rings (SSSR count). The Morgan fingerprint density at radius 3 is 2.50 bits per heavy atom. The number of halogens is 3. The maximum absolute atomic E-state index is 12.9. The number of carbonyl (C=O) groups excluding carboxylic acids is 1. The third kappa shape index (κ3) is 3.20. The van der Waals surface area contributed by atoms with E-state index >= 15 is 0 Å². The fraction of sp³-hybridized carbons (Fsp3) is 0.500. The number of hydrogen-bond acceptors (Lipinski definition) is 3. The van der Waals surface area contributed by atoms with Gasteiger partial charge in [0.05, 0.1) is 18.0 Å². The largest absolute Gasteiger partial charge is 0.416 e. The van der Waals surface area contributed by atoms with Gasteiger partial charge in [0.15, 0.2) is 0 Å². The second kappa shape index (κ2) is 6.41. The molecule has 2 fully saturated rings. The van der Waals surface area contributed by atoms with Crippen molar-refractivity contribution in [1.82, 2.24) is 19.7 Å². The Hall–Kier alpha value is -2.38. The molecule has 2 aromatic rings. The Labute approximate surface area is 148 Å². The molecule has 0 aliphatic carbocycles. The van der Waals surface area contributed by atoms with Crippen molar-refractivity contribution in [3.63, 3.8) is 0 Å². The number of carbonyl (C=O) groups is 1. The van der Waals surface area contributed by atoms with Crippen molar-refractivity contribution in [3.8, 4) is 0 Å². The van der Waals surface area contributed by atoms with E-state index in [9.17, 15) is 18.0 Å². The fourth-order valence-corrected chi connectivity index (χ4v) is 4.30. The molecule has 5 nitrogen and oxygen atoms in total. The van der Waals surface area contributed by atoms with Gasteiger partial charge in [-0.05, 0) is 37.3 Å². The first-order valence-electron chi connectivity index (χ1n) is 8.73. The van der Waals surface area contributed by atoms with Gasteiger partial charge in [-0.3, -0.25) is 4.79 Å². The summed E-state index contributed by atoms with van der Waals surface area (Å²) in [7, 11) is 0. The summed E-state index contributed by atoms with van der Waals surface area (Å²) in [5.74, 6) is -0.0890. The van der Waals surface area contributed by atoms with Gasteiger partial charge < -0.3 is 4.90 Å². The van der Waals surface area contributed by atoms with E-state index in [-0.39, 0.29) is 30.5 Å². The van der Waals surface area contributed by atoms with E-state index in [0.717, 1.165) is 37.8 Å². The second-order valence-corrected chi connectivity index (χ2v) is 7.06. The molecule has 2 unspecified atom stereocenters. The first-order chi connectivity index (χ1) is 12.4. The predicted molar refractivity (Wildman–Crippen MR) is 87.1 cm³/mol. The second-order valence-electron chi connectivity index (χ2n) is 7.06. The average molecular weight is 364 g/mol. The minimum Gasteiger partial charge on any atom is -0.336 e. The number of piperidine rings is 1. The van der Waals surface area contributed by atoms with E-state index < -0.39 is 11.7 Å². The van der Waals surface area contributed by atoms with Crippen LogP contribution in [0.25, 0.3) is 0 Å². The summed E-state index contributed by atoms with van der Waals surface area (Å²) >= 11 is 0. The summed E-state index contributed by atoms with van der Waals surface area (Å²) < 4.78 is 40.4. The Bertz CT molecular complexity index is 776. The number of nitrogens with zero attached hydrogens (tertiary/aromatic N) is 4. The van der Waals surface area contributed by atoms with Crippen molar-refractivity contribution < 1.29 is 18.0 Å². The van der Waals surface area contributed by atoms with Crippen molar-refractivity contribution in [1.29, 1.82) is 0 Å². The van der Waals surface area contributed by atoms with Crippen LogP contribution in [0.4, 0.5) is 13.2 Å². The summed E-state index contributed by atoms with van der Waals surface area (Å²) in [4.78, 5) is 18.7. The zero-order chi connectivity index (χ0) is 18.3. The highest BCUT2D eigenvalue weighted by Crippen LogP contribution is 2.40. The van der Waals surface area contributed by atoms with Crippen LogP contribution in [-0.2, 0) is 17.4 Å². The van der Waals surface area contributed by atoms with Crippen LogP contribution in [0.1, 0.15) is 42.9 Å². The van der Waals surface area contributed by atoms with Crippen LogP contribution >= 0.6 is 0 Å². The molecule has 2 aliphatic heterocycles. The van der Waals surface area contributed by atoms with Crippen molar-refractivity contribution in [2.24, 2.45) is 0 Å². The van der Waals surface area contributed by atoms with Gasteiger partial charge in [-0.2, -0.15) is 18.3 Å². The first-order valence-corrected chi connectivity index (χ1v) is 8.73. The van der Waals surface area contributed by atoms with E-state index in [1.807, 2.05) is 9.58 Å². The lowest BCUT2D eigenvalue weighted by Crippen LogP contribution is -2.47. The highest BCUT2D eigenvalue weighted by molar-refractivity contribution is 5.80. The van der Waals surface area contributed by atoms with Crippen LogP contribution in [0.15, 0.2) is 36.9 Å². The molecule has 2 atom stereocenters. The number of fused-ring (bicyclic) bond motifs is 2. The zero-order valence-corrected chi connectivity index (χ0v) is 14.1. The summed E-state index contributed by atoms with van der Waals surface area (Å²) in [5, 5.41) is 4.20. The number of amides is 1. The quantitative estimate of drug-likeness (QED) is 0.840. The summed E-state index contributed by atoms with van der Waals surface area (Å²) in [6.45, 7) is 0. The number of aromatic nitrogens is 3. The minimum atomic E-state index is -4.39. The van der Waals surface area contributed by atoms with Gasteiger partial charge in [0.1, 0.15) is 12.7 Å². The molecule has 3 heterocycles. The molecule has 2 bridgehead atoms. The zero-order valence-electron chi connectivity index (χ0n) is 14.1. The highest BCUT2D eigenvalue weighted by atomic mass is 19.4. The lowest BCUT2D eigenvalue weighted by molar-refractivity contribution is -0.138. The van der Waals surface area contributed by atoms with Crippen molar-refractivity contribution in [2.45, 2.75) is 56.4 Å². The van der Waals surface area contributed by atoms with Crippen molar-refractivity contribution >= 4 is 5.91 Å². The molecule has 0 radical (unpaired) electrons. The Balaban J connectivity index is 1.46. The molecule has 2 saturated heterocycles. The average Bonchev–Trinajstić information content (AvgIpc) is 3.21. The molecular formula is C18H19F3N4O. The van der Waals surface area contributed by atoms with Gasteiger partial charge >= 0.3 is 6.18 Å². The smallest absolute Gasteiger partial charge is 0.336 e. The molecule has 0 spiro atoms. The molecule has 1 amide bonds. The molecule has 0 N–H and O–H groups in total. The number of hydrogen-bond donors (Lipinski definition) is 0. The third-order valence-corrected chi connectivity index (χ3v) is 5.42. The van der Waals surface area contributed by atoms with Gasteiger partial charge in [0.25, 0.3) is 0 Å². The Morgan fingerprint density at radius 2 is 1.88 bits per heavy atom. The van der Waals surface area contributed by atoms with Gasteiger partial charge in [-0.1, -0.05) is 18.2 Å². The number of alkyl halides is 3. The molecular weight excluding hydrogens is 345 g/mol. The normalized spacial score (nSPS) is 25.5. The van der Waals surface area contributed by atoms with E-state index in [1.54, 1.807) is 12.4 Å². The first kappa shape index (κ1) is 17.1. The van der Waals surface area contributed by atoms with E-state index in [1.165, 1.54) is 12.4 Å². The predicted octanol–water partition coefficient (Wildman–Crippen LogP) is 3.23. The molecule has 8 heteroatoms. The standard InChI is InChI=1S/C18H19F3N4O/c19-18(20,21)13-3-1-2-12(6-13)7-17(26)25-14-4-5-15(25)9-16(8-14)24-11-22-10-23-24/h1-3,6,10-11,14-16H,4-5,7-9H2. The minimum absolute atomic E-state index is 0.00487. The molecule has 1 aromatic carbocycles. The van der Waals surface area contributed by atoms with Gasteiger partial charge in [0.2, 0.25) is 5.91 Å². The maximum Gasteiger partial charge on any atom is 0.416 e. The SMILES string of the molecule is O=C(Cc1cccc(C(F)(F)F)c1)N1C2CCC1CC(n1cncn1)C2. The lowest BCUT2D eigenvalue weighted by atomic mass is 9.96. The number of benzene rings is 1. The summed E-state index contributed by atoms with van der Waals surface area (Å²) in [5.41, 5.74) is -0.307. The molecule has 1 aromatic heterocycles. The van der Waals surface area contributed by atoms with Crippen LogP contribution in [0, 0.1) is 0 Å². The summed E-state index contributed by atoms with van der Waals surface area (Å²) in [6.07, 6.45) is 2.31. The number of rotatable bonds is 3. The van der Waals surface area contributed by atoms with Gasteiger partial charge in [-0.25, -0.2) is 9.67 Å². The van der Waals surface area contributed by atoms with Crippen molar-refractivity contribution in [2.75, 3.05) is 0 Å². The Morgan fingerprint density at radius 1 is 1.15 bits per heavy atom. The summed E-state index contributed by atoms with van der Waals surface area (Å²) in [6, 6.07) is 5.52. The van der Waals surface area contributed by atoms with Crippen LogP contribution in [0.5, 0.6) is 0 Å². The van der Waals surface area contributed by atoms with Crippen LogP contribution in [0.2, 0.25) is 0 Å². The maximum atomic E-state index is 12.9. The molecule has 0 saturated carbocycles. The topological polar surface area (TPSA) is 51.0 Å². The lowest BCUT2D eigenvalue weighted by Gasteiger charge is -2.39. The van der Waals surface area contributed by atoms with Crippen molar-refractivity contribution in [3.05, 3.63) is 48.0 Å². The third-order valence-electron chi connectivity index (χ3n) is 5.42. The molecule has 26 heavy (non-hydrogen) atoms. The van der Waals surface area contributed by atoms with Crippen LogP contribution in [-0.4, -0.2) is 37.7 Å². The Kier molecular flexibility index (Phi) is 4.20. The van der Waals surface area contributed by atoms with E-state index in [0.29, 0.717) is 5.56 Å². The molecule has 2 aliphatic rings. The van der Waals surface area contributed by atoms with E-state index in [2.05, 4.69) is 10.1 Å². The van der Waals surface area contributed by atoms with Gasteiger partial charge in [0, 0.05) is 12.1 Å². The van der Waals surface area contributed by atoms with Gasteiger partial charge in [-0.15, -0.1) is 0 Å². The monoisotopic (exact) mass is 364 g/mol. The highest BCUT2D eigenvalue weighted by Gasteiger charge is 2.43. The van der Waals surface area contributed by atoms with Crippen LogP contribution in [0.3, 0.4) is 0 Å². The van der Waals surface area contributed by atoms with E-state index in [4.69, 9.17) is 0 Å². The fourth-order valence-electron chi connectivity index (χ4n) is 4.30.